The summed E-state index contributed by atoms with van der Waals surface area (Å²) >= 11 is 12.6. The van der Waals surface area contributed by atoms with Crippen molar-refractivity contribution >= 4 is 125 Å². The van der Waals surface area contributed by atoms with E-state index in [1.165, 1.54) is 63.4 Å². The van der Waals surface area contributed by atoms with E-state index in [9.17, 15) is 14.4 Å². The highest BCUT2D eigenvalue weighted by Crippen LogP contribution is 2.31. The minimum Gasteiger partial charge on any atom is -0.466 e. The molecule has 0 spiro atoms. The van der Waals surface area contributed by atoms with E-state index in [1.807, 2.05) is 98.8 Å². The van der Waals surface area contributed by atoms with E-state index in [2.05, 4.69) is 271 Å². The molecular formula is C86H114Br2Cl2N22O6. The standard InChI is InChI=1S/C24H32N6O2.C19H24N6.C15H15BrN4.C9H18N2O2.C9H13N.C6H3BrClN3.C4H8O2.ClH/c1-17-7-6-8-19(13-17)18(2)27-22-21-14-20(15-30(21)26-16-25-22)28-9-11-29(12-10-28)23(31)32-24(3,4)5;1-14-4-3-5-16(10-14)15(2)23-19-18-11-17(12-25(18)22-13-21-19)24-8-6-20-7-9-24;1-10-4-3-5-12(6-10)11(2)19-15-14-7-13(16)8-20(14)18-9-17-15;1-9(2,3)13-8(12)11-6-4-10-5-7-11;1-7-4-3-5-9(6-7)8(2)10;7-4-1-5-6(8)9-3-10-11(5)2-4;1-3-6-4(2)5;/h6-8,13-16,18H,9-12H2,1-5H3,(H,25,26,27);3-5,10-13,15,20H,6-9H2,1-2H3,(H,21,22,23);3-9,11H,1-2H3,(H,17,18,19);10H,4-7H2,1-3H3;3-6,8H,10H2,1-2H3;1-3H;3H2,1-2H3;1H/t18-;15-;11-;;8-;;;/m111.1.../s1. The maximum atomic E-state index is 12.3. The van der Waals surface area contributed by atoms with Gasteiger partial charge in [0.25, 0.3) is 0 Å². The van der Waals surface area contributed by atoms with Crippen molar-refractivity contribution in [3.8, 4) is 0 Å². The van der Waals surface area contributed by atoms with Crippen molar-refractivity contribution in [2.45, 2.75) is 146 Å². The molecule has 12 aromatic rings. The van der Waals surface area contributed by atoms with Crippen molar-refractivity contribution in [3.05, 3.63) is 230 Å². The summed E-state index contributed by atoms with van der Waals surface area (Å²) in [6, 6.07) is 42.6. The van der Waals surface area contributed by atoms with Gasteiger partial charge in [-0.05, 0) is 182 Å². The summed E-state index contributed by atoms with van der Waals surface area (Å²) in [6.07, 6.45) is 13.6. The number of amides is 2. The van der Waals surface area contributed by atoms with Gasteiger partial charge in [-0.25, -0.2) is 47.6 Å². The Kier molecular flexibility index (Phi) is 35.2. The van der Waals surface area contributed by atoms with Gasteiger partial charge >= 0.3 is 18.2 Å². The lowest BCUT2D eigenvalue weighted by Crippen LogP contribution is -2.50. The molecule has 4 aromatic carbocycles. The van der Waals surface area contributed by atoms with Crippen LogP contribution in [0.1, 0.15) is 152 Å². The number of piperazine rings is 3. The van der Waals surface area contributed by atoms with Crippen LogP contribution in [0.25, 0.3) is 22.1 Å². The molecule has 4 atom stereocenters. The minimum atomic E-state index is -0.480. The zero-order valence-corrected chi connectivity index (χ0v) is 75.1. The van der Waals surface area contributed by atoms with Crippen LogP contribution in [-0.4, -0.2) is 183 Å². The van der Waals surface area contributed by atoms with Gasteiger partial charge in [0.15, 0.2) is 22.6 Å². The molecule has 3 fully saturated rings. The number of ether oxygens (including phenoxy) is 3. The Morgan fingerprint density at radius 3 is 1.15 bits per heavy atom. The van der Waals surface area contributed by atoms with Crippen molar-refractivity contribution in [2.24, 2.45) is 5.73 Å². The monoisotopic (exact) mass is 1780 g/mol. The van der Waals surface area contributed by atoms with Crippen LogP contribution in [0.2, 0.25) is 5.15 Å². The first kappa shape index (κ1) is 93.3. The molecule has 2 amide bonds. The van der Waals surface area contributed by atoms with Crippen molar-refractivity contribution in [3.63, 3.8) is 0 Å². The van der Waals surface area contributed by atoms with Gasteiger partial charge in [-0.3, -0.25) is 4.79 Å². The lowest BCUT2D eigenvalue weighted by atomic mass is 10.1. The quantitative estimate of drug-likeness (QED) is 0.0462. The molecular weight excluding hydrogens is 1670 g/mol. The van der Waals surface area contributed by atoms with E-state index in [0.717, 1.165) is 120 Å². The fourth-order valence-electron chi connectivity index (χ4n) is 12.7. The van der Waals surface area contributed by atoms with Crippen molar-refractivity contribution < 1.29 is 28.6 Å². The van der Waals surface area contributed by atoms with Crippen LogP contribution in [-0.2, 0) is 19.0 Å². The van der Waals surface area contributed by atoms with Gasteiger partial charge in [-0.1, -0.05) is 131 Å². The molecule has 28 nitrogen and oxygen atoms in total. The summed E-state index contributed by atoms with van der Waals surface area (Å²) in [4.78, 5) is 59.0. The number of hydrogen-bond acceptors (Lipinski definition) is 22. The van der Waals surface area contributed by atoms with E-state index in [4.69, 9.17) is 26.8 Å². The number of esters is 1. The van der Waals surface area contributed by atoms with E-state index < -0.39 is 5.60 Å². The number of fused-ring (bicyclic) bond motifs is 4. The van der Waals surface area contributed by atoms with Gasteiger partial charge in [0.05, 0.1) is 48.5 Å². The maximum Gasteiger partial charge on any atom is 0.410 e. The molecule has 0 aliphatic carbocycles. The maximum absolute atomic E-state index is 12.3. The fraction of sp³-hybridized carbons (Fsp3) is 0.407. The average molecular weight is 1780 g/mol. The van der Waals surface area contributed by atoms with Crippen molar-refractivity contribution in [2.75, 3.05) is 111 Å². The molecule has 0 bridgehead atoms. The zero-order valence-electron chi connectivity index (χ0n) is 70.4. The second-order valence-corrected chi connectivity index (χ2v) is 33.0. The number of aryl methyl sites for hydroxylation is 4. The van der Waals surface area contributed by atoms with Crippen molar-refractivity contribution in [1.82, 2.24) is 78.8 Å². The first-order valence-electron chi connectivity index (χ1n) is 39.4. The van der Waals surface area contributed by atoms with Gasteiger partial charge in [0.2, 0.25) is 0 Å². The summed E-state index contributed by atoms with van der Waals surface area (Å²) in [6.45, 7) is 41.8. The largest absolute Gasteiger partial charge is 0.466 e. The lowest BCUT2D eigenvalue weighted by molar-refractivity contribution is -0.140. The third-order valence-electron chi connectivity index (χ3n) is 18.6. The highest BCUT2D eigenvalue weighted by atomic mass is 79.9. The van der Waals surface area contributed by atoms with Crippen LogP contribution < -0.4 is 42.1 Å². The van der Waals surface area contributed by atoms with E-state index >= 15 is 0 Å². The number of aromatic nitrogens is 12. The van der Waals surface area contributed by atoms with Gasteiger partial charge in [0, 0.05) is 113 Å². The second kappa shape index (κ2) is 44.5. The van der Waals surface area contributed by atoms with Crippen molar-refractivity contribution in [1.29, 1.82) is 0 Å². The Morgan fingerprint density at radius 2 is 0.805 bits per heavy atom. The number of halogens is 4. The Bertz CT molecular complexity index is 5180. The first-order chi connectivity index (χ1) is 55.8. The molecule has 118 heavy (non-hydrogen) atoms. The summed E-state index contributed by atoms with van der Waals surface area (Å²) in [7, 11) is 0. The SMILES string of the molecule is CC(C)(C)OC(=O)N1CCNCC1.CCOC(C)=O.Cc1cccc([C@@H](C)N)c1.Cc1cccc([C@@H](C)Nc2ncnn3cc(Br)cc23)c1.Cc1cccc([C@@H](C)Nc2ncnn3cc(N4CCN(C(=O)OC(C)(C)C)CC4)cc23)c1.Cc1cccc([C@@H](C)Nc2ncnn3cc(N4CCNCC4)cc23)c1.Cl.Clc1ncnn2cc(Br)cc12. The number of nitrogens with two attached hydrogens (primary N) is 1. The molecule has 15 rings (SSSR count). The number of rotatable bonds is 13. The molecule has 32 heteroatoms. The number of benzene rings is 4. The minimum absolute atomic E-state index is 0. The van der Waals surface area contributed by atoms with Gasteiger partial charge in [-0.15, -0.1) is 12.4 Å². The lowest BCUT2D eigenvalue weighted by Gasteiger charge is -2.36. The predicted molar refractivity (Wildman–Crippen MR) is 481 cm³/mol. The Labute approximate surface area is 720 Å². The van der Waals surface area contributed by atoms with Crippen LogP contribution in [0.4, 0.5) is 38.4 Å². The fourth-order valence-corrected chi connectivity index (χ4v) is 13.7. The summed E-state index contributed by atoms with van der Waals surface area (Å²) in [5.74, 6) is 2.29. The third kappa shape index (κ3) is 28.8. The van der Waals surface area contributed by atoms with E-state index in [-0.39, 0.29) is 60.3 Å². The molecule has 0 radical (unpaired) electrons. The Morgan fingerprint density at radius 1 is 0.475 bits per heavy atom. The van der Waals surface area contributed by atoms with Gasteiger partial charge < -0.3 is 66.1 Å². The molecule has 3 aliphatic rings. The topological polar surface area (TPSA) is 299 Å². The number of anilines is 5. The highest BCUT2D eigenvalue weighted by molar-refractivity contribution is 9.10. The number of nitrogens with one attached hydrogen (secondary N) is 5. The molecule has 632 valence electrons. The number of hydrogen-bond donors (Lipinski definition) is 6. The Hall–Kier alpha value is -10.2. The molecule has 0 unspecified atom stereocenters. The van der Waals surface area contributed by atoms with Gasteiger partial charge in [0.1, 0.15) is 58.6 Å². The first-order valence-corrected chi connectivity index (χ1v) is 41.3. The predicted octanol–water partition coefficient (Wildman–Crippen LogP) is 16.8. The Balaban J connectivity index is 0.000000181. The van der Waals surface area contributed by atoms with Gasteiger partial charge in [-0.2, -0.15) is 20.4 Å². The van der Waals surface area contributed by atoms with E-state index in [0.29, 0.717) is 24.8 Å². The molecule has 3 saturated heterocycles. The summed E-state index contributed by atoms with van der Waals surface area (Å²) in [5, 5.41) is 34.5. The normalized spacial score (nSPS) is 14.3. The third-order valence-corrected chi connectivity index (χ3v) is 19.8. The average Bonchev–Trinajstić information content (AvgIpc) is 1.66. The van der Waals surface area contributed by atoms with E-state index in [1.54, 1.807) is 40.2 Å². The summed E-state index contributed by atoms with van der Waals surface area (Å²) < 4.78 is 24.3. The molecule has 0 saturated carbocycles. The molecule has 8 aromatic heterocycles. The van der Waals surface area contributed by atoms with Crippen LogP contribution in [0.5, 0.6) is 0 Å². The number of nitrogens with zero attached hydrogens (tertiary/aromatic N) is 16. The second-order valence-electron chi connectivity index (χ2n) is 30.8. The number of carbonyl (C=O) groups excluding carboxylic acids is 3. The van der Waals surface area contributed by atoms with Crippen LogP contribution >= 0.6 is 55.9 Å². The smallest absolute Gasteiger partial charge is 0.410 e. The van der Waals surface area contributed by atoms with Crippen LogP contribution in [0.15, 0.2) is 180 Å². The summed E-state index contributed by atoms with van der Waals surface area (Å²) in [5.41, 5.74) is 20.7. The van der Waals surface area contributed by atoms with Crippen LogP contribution in [0.3, 0.4) is 0 Å². The molecule has 11 heterocycles. The highest BCUT2D eigenvalue weighted by Gasteiger charge is 2.28. The van der Waals surface area contributed by atoms with Crippen LogP contribution in [0, 0.1) is 27.7 Å². The molecule has 3 aliphatic heterocycles. The molecule has 7 N–H and O–H groups in total. The number of carbonyl (C=O) groups is 3. The zero-order chi connectivity index (χ0) is 84.5.